The maximum atomic E-state index is 11.3. The molecule has 0 heterocycles. The van der Waals surface area contributed by atoms with Crippen LogP contribution in [0.4, 0.5) is 0 Å². The molecule has 2 nitrogen and oxygen atoms in total. The van der Waals surface area contributed by atoms with Crippen LogP contribution in [0.2, 0.25) is 0 Å². The first-order valence-electron chi connectivity index (χ1n) is 8.01. The van der Waals surface area contributed by atoms with E-state index in [4.69, 9.17) is 0 Å². The van der Waals surface area contributed by atoms with Crippen LogP contribution in [0.1, 0.15) is 66.7 Å². The highest BCUT2D eigenvalue weighted by molar-refractivity contribution is 5.87. The molecule has 0 aliphatic heterocycles. The average molecular weight is 278 g/mol. The highest BCUT2D eigenvalue weighted by atomic mass is 16.3. The van der Waals surface area contributed by atoms with Crippen LogP contribution in [0.5, 0.6) is 0 Å². The van der Waals surface area contributed by atoms with Crippen molar-refractivity contribution in [3.63, 3.8) is 0 Å². The van der Waals surface area contributed by atoms with Gasteiger partial charge in [0.05, 0.1) is 5.60 Å². The molecule has 2 aliphatic carbocycles. The summed E-state index contributed by atoms with van der Waals surface area (Å²) in [5, 5.41) is 10.9. The van der Waals surface area contributed by atoms with Crippen LogP contribution in [0.3, 0.4) is 0 Å². The van der Waals surface area contributed by atoms with Gasteiger partial charge in [-0.15, -0.1) is 0 Å². The molecular formula is C18H30O2. The van der Waals surface area contributed by atoms with Crippen molar-refractivity contribution in [3.8, 4) is 0 Å². The standard InChI is InChI=1S/C18H30O2/c1-13(19)7-8-15-17(4)11-6-10-16(2,3)14(17)9-12-18(15,5)20/h7-8,14-15,20H,6,9-12H2,1-5H3/b8-7+/t14?,15-,17+,18-/m1/s1. The molecule has 1 unspecified atom stereocenters. The third-order valence-electron chi connectivity index (χ3n) is 6.12. The van der Waals surface area contributed by atoms with Crippen LogP contribution in [0.15, 0.2) is 12.2 Å². The number of carbonyl (C=O) groups is 1. The van der Waals surface area contributed by atoms with E-state index in [0.29, 0.717) is 11.3 Å². The number of allylic oxidation sites excluding steroid dienone is 1. The molecule has 2 aliphatic rings. The minimum atomic E-state index is -0.690. The Balaban J connectivity index is 2.40. The van der Waals surface area contributed by atoms with Gasteiger partial charge in [-0.2, -0.15) is 0 Å². The van der Waals surface area contributed by atoms with Gasteiger partial charge in [0.1, 0.15) is 0 Å². The van der Waals surface area contributed by atoms with Crippen molar-refractivity contribution < 1.29 is 9.90 Å². The van der Waals surface area contributed by atoms with Crippen molar-refractivity contribution in [1.82, 2.24) is 0 Å². The van der Waals surface area contributed by atoms with Crippen LogP contribution < -0.4 is 0 Å². The summed E-state index contributed by atoms with van der Waals surface area (Å²) in [7, 11) is 0. The summed E-state index contributed by atoms with van der Waals surface area (Å²) in [6.45, 7) is 10.6. The Morgan fingerprint density at radius 1 is 1.15 bits per heavy atom. The highest BCUT2D eigenvalue weighted by Crippen LogP contribution is 2.62. The molecule has 0 radical (unpaired) electrons. The normalized spacial score (nSPS) is 44.3. The van der Waals surface area contributed by atoms with Gasteiger partial charge >= 0.3 is 0 Å². The first-order valence-corrected chi connectivity index (χ1v) is 8.01. The van der Waals surface area contributed by atoms with Gasteiger partial charge < -0.3 is 5.11 Å². The van der Waals surface area contributed by atoms with Crippen molar-refractivity contribution in [2.45, 2.75) is 72.3 Å². The molecule has 1 N–H and O–H groups in total. The molecule has 0 amide bonds. The zero-order chi connectivity index (χ0) is 15.2. The summed E-state index contributed by atoms with van der Waals surface area (Å²) < 4.78 is 0. The third-order valence-corrected chi connectivity index (χ3v) is 6.12. The largest absolute Gasteiger partial charge is 0.390 e. The number of hydrogen-bond donors (Lipinski definition) is 1. The number of ketones is 1. The quantitative estimate of drug-likeness (QED) is 0.771. The molecule has 4 atom stereocenters. The fourth-order valence-electron chi connectivity index (χ4n) is 5.22. The Morgan fingerprint density at radius 3 is 2.40 bits per heavy atom. The maximum Gasteiger partial charge on any atom is 0.152 e. The van der Waals surface area contributed by atoms with Crippen molar-refractivity contribution in [1.29, 1.82) is 0 Å². The number of fused-ring (bicyclic) bond motifs is 1. The van der Waals surface area contributed by atoms with E-state index in [-0.39, 0.29) is 17.1 Å². The predicted octanol–water partition coefficient (Wildman–Crippen LogP) is 4.13. The summed E-state index contributed by atoms with van der Waals surface area (Å²) in [6.07, 6.45) is 9.25. The minimum Gasteiger partial charge on any atom is -0.390 e. The van der Waals surface area contributed by atoms with E-state index in [2.05, 4.69) is 20.8 Å². The van der Waals surface area contributed by atoms with Crippen LogP contribution in [-0.4, -0.2) is 16.5 Å². The van der Waals surface area contributed by atoms with Crippen molar-refractivity contribution >= 4 is 5.78 Å². The molecule has 2 saturated carbocycles. The lowest BCUT2D eigenvalue weighted by atomic mass is 9.45. The van der Waals surface area contributed by atoms with E-state index in [9.17, 15) is 9.90 Å². The smallest absolute Gasteiger partial charge is 0.152 e. The second-order valence-corrected chi connectivity index (χ2v) is 8.24. The van der Waals surface area contributed by atoms with Crippen molar-refractivity contribution in [2.24, 2.45) is 22.7 Å². The van der Waals surface area contributed by atoms with E-state index < -0.39 is 5.60 Å². The van der Waals surface area contributed by atoms with Gasteiger partial charge in [-0.3, -0.25) is 4.79 Å². The minimum absolute atomic E-state index is 0.0709. The molecule has 0 aromatic carbocycles. The second kappa shape index (κ2) is 4.98. The number of hydrogen-bond acceptors (Lipinski definition) is 2. The van der Waals surface area contributed by atoms with Gasteiger partial charge in [0, 0.05) is 5.92 Å². The summed E-state index contributed by atoms with van der Waals surface area (Å²) in [6, 6.07) is 0. The van der Waals surface area contributed by atoms with Gasteiger partial charge in [-0.1, -0.05) is 33.3 Å². The molecule has 0 bridgehead atoms. The van der Waals surface area contributed by atoms with E-state index >= 15 is 0 Å². The van der Waals surface area contributed by atoms with Gasteiger partial charge in [0.15, 0.2) is 5.78 Å². The van der Waals surface area contributed by atoms with Crippen LogP contribution in [-0.2, 0) is 4.79 Å². The molecule has 2 fully saturated rings. The lowest BCUT2D eigenvalue weighted by Gasteiger charge is -2.60. The topological polar surface area (TPSA) is 37.3 Å². The lowest BCUT2D eigenvalue weighted by molar-refractivity contribution is -0.149. The van der Waals surface area contributed by atoms with Gasteiger partial charge in [0.2, 0.25) is 0 Å². The Labute approximate surface area is 123 Å². The van der Waals surface area contributed by atoms with Gasteiger partial charge in [-0.05, 0) is 62.4 Å². The monoisotopic (exact) mass is 278 g/mol. The van der Waals surface area contributed by atoms with Crippen LogP contribution >= 0.6 is 0 Å². The number of rotatable bonds is 2. The SMILES string of the molecule is CC(=O)/C=C/[C@@H]1[C@@]2(C)CCCC(C)(C)C2CC[C@@]1(C)O. The summed E-state index contributed by atoms with van der Waals surface area (Å²) in [5.41, 5.74) is -0.244. The Bertz CT molecular complexity index is 419. The average Bonchev–Trinajstić information content (AvgIpc) is 2.25. The zero-order valence-electron chi connectivity index (χ0n) is 13.7. The fraction of sp³-hybridized carbons (Fsp3) is 0.833. The molecular weight excluding hydrogens is 248 g/mol. The van der Waals surface area contributed by atoms with Crippen LogP contribution in [0, 0.1) is 22.7 Å². The Hall–Kier alpha value is -0.630. The molecule has 0 spiro atoms. The molecule has 114 valence electrons. The molecule has 2 rings (SSSR count). The second-order valence-electron chi connectivity index (χ2n) is 8.24. The molecule has 20 heavy (non-hydrogen) atoms. The van der Waals surface area contributed by atoms with E-state index in [1.54, 1.807) is 13.0 Å². The lowest BCUT2D eigenvalue weighted by Crippen LogP contribution is -2.56. The van der Waals surface area contributed by atoms with Gasteiger partial charge in [0.25, 0.3) is 0 Å². The zero-order valence-corrected chi connectivity index (χ0v) is 13.7. The van der Waals surface area contributed by atoms with E-state index in [0.717, 1.165) is 19.3 Å². The number of aliphatic hydroxyl groups is 1. The van der Waals surface area contributed by atoms with Crippen molar-refractivity contribution in [2.75, 3.05) is 0 Å². The maximum absolute atomic E-state index is 11.3. The number of carbonyl (C=O) groups excluding carboxylic acids is 1. The van der Waals surface area contributed by atoms with Crippen molar-refractivity contribution in [3.05, 3.63) is 12.2 Å². The Kier molecular flexibility index (Phi) is 3.92. The summed E-state index contributed by atoms with van der Waals surface area (Å²) in [5.74, 6) is 0.782. The molecule has 0 aromatic heterocycles. The molecule has 0 saturated heterocycles. The molecule has 0 aromatic rings. The van der Waals surface area contributed by atoms with Crippen LogP contribution in [0.25, 0.3) is 0 Å². The summed E-state index contributed by atoms with van der Waals surface area (Å²) >= 11 is 0. The fourth-order valence-corrected chi connectivity index (χ4v) is 5.22. The van der Waals surface area contributed by atoms with E-state index in [1.165, 1.54) is 12.8 Å². The predicted molar refractivity (Wildman–Crippen MR) is 82.4 cm³/mol. The molecule has 2 heteroatoms. The highest BCUT2D eigenvalue weighted by Gasteiger charge is 2.57. The third kappa shape index (κ3) is 2.59. The summed E-state index contributed by atoms with van der Waals surface area (Å²) in [4.78, 5) is 11.3. The van der Waals surface area contributed by atoms with Gasteiger partial charge in [-0.25, -0.2) is 0 Å². The Morgan fingerprint density at radius 2 is 1.80 bits per heavy atom. The van der Waals surface area contributed by atoms with E-state index in [1.807, 2.05) is 13.0 Å². The first kappa shape index (κ1) is 15.8. The first-order chi connectivity index (χ1) is 9.09.